The average Bonchev–Trinajstić information content (AvgIpc) is 2.72. The molecule has 18 heavy (non-hydrogen) atoms. The van der Waals surface area contributed by atoms with Crippen molar-refractivity contribution in [3.63, 3.8) is 0 Å². The molecule has 1 amide bonds. The van der Waals surface area contributed by atoms with E-state index in [0.717, 1.165) is 23.4 Å². The summed E-state index contributed by atoms with van der Waals surface area (Å²) >= 11 is 4.28. The van der Waals surface area contributed by atoms with E-state index in [1.807, 2.05) is 19.1 Å². The SMILES string of the molecule is Cc1ccc(S)cc1C(=O)N1CCC(C)C1CO. The first-order valence-corrected chi connectivity index (χ1v) is 6.70. The van der Waals surface area contributed by atoms with Crippen LogP contribution in [-0.2, 0) is 0 Å². The summed E-state index contributed by atoms with van der Waals surface area (Å²) in [5, 5.41) is 9.42. The molecule has 0 bridgehead atoms. The molecule has 0 aromatic heterocycles. The minimum atomic E-state index is -0.0551. The first-order chi connectivity index (χ1) is 8.54. The van der Waals surface area contributed by atoms with Crippen molar-refractivity contribution in [2.45, 2.75) is 31.2 Å². The van der Waals surface area contributed by atoms with Crippen LogP contribution >= 0.6 is 12.6 Å². The van der Waals surface area contributed by atoms with E-state index in [0.29, 0.717) is 11.5 Å². The average molecular weight is 265 g/mol. The van der Waals surface area contributed by atoms with Gasteiger partial charge >= 0.3 is 0 Å². The third-order valence-corrected chi connectivity index (χ3v) is 4.06. The molecule has 1 saturated heterocycles. The first kappa shape index (κ1) is 13.4. The fourth-order valence-electron chi connectivity index (χ4n) is 2.53. The predicted molar refractivity (Wildman–Crippen MR) is 74.1 cm³/mol. The van der Waals surface area contributed by atoms with Crippen LogP contribution in [0.1, 0.15) is 29.3 Å². The van der Waals surface area contributed by atoms with Gasteiger partial charge in [0, 0.05) is 17.0 Å². The molecule has 2 rings (SSSR count). The summed E-state index contributed by atoms with van der Waals surface area (Å²) < 4.78 is 0. The quantitative estimate of drug-likeness (QED) is 0.804. The van der Waals surface area contributed by atoms with Gasteiger partial charge in [0.2, 0.25) is 0 Å². The predicted octanol–water partition coefficient (Wildman–Crippen LogP) is 2.13. The van der Waals surface area contributed by atoms with Crippen molar-refractivity contribution in [1.29, 1.82) is 0 Å². The number of carbonyl (C=O) groups excluding carboxylic acids is 1. The molecule has 0 aliphatic carbocycles. The van der Waals surface area contributed by atoms with E-state index < -0.39 is 0 Å². The Kier molecular flexibility index (Phi) is 3.97. The van der Waals surface area contributed by atoms with Gasteiger partial charge in [-0.15, -0.1) is 12.6 Å². The molecule has 98 valence electrons. The highest BCUT2D eigenvalue weighted by Gasteiger charge is 2.34. The van der Waals surface area contributed by atoms with Crippen molar-refractivity contribution in [1.82, 2.24) is 4.90 Å². The zero-order valence-electron chi connectivity index (χ0n) is 10.8. The number of likely N-dealkylation sites (tertiary alicyclic amines) is 1. The Morgan fingerprint density at radius 3 is 2.94 bits per heavy atom. The number of benzene rings is 1. The van der Waals surface area contributed by atoms with Crippen LogP contribution in [0.3, 0.4) is 0 Å². The monoisotopic (exact) mass is 265 g/mol. The molecule has 0 saturated carbocycles. The largest absolute Gasteiger partial charge is 0.394 e. The molecule has 0 radical (unpaired) electrons. The third kappa shape index (κ3) is 2.40. The van der Waals surface area contributed by atoms with Gasteiger partial charge in [0.05, 0.1) is 12.6 Å². The van der Waals surface area contributed by atoms with Gasteiger partial charge in [-0.2, -0.15) is 0 Å². The van der Waals surface area contributed by atoms with Gasteiger partial charge in [0.1, 0.15) is 0 Å². The number of hydrogen-bond acceptors (Lipinski definition) is 3. The minimum Gasteiger partial charge on any atom is -0.394 e. The highest BCUT2D eigenvalue weighted by Crippen LogP contribution is 2.26. The Bertz CT molecular complexity index is 461. The number of aryl methyl sites for hydroxylation is 1. The van der Waals surface area contributed by atoms with E-state index in [-0.39, 0.29) is 18.6 Å². The highest BCUT2D eigenvalue weighted by molar-refractivity contribution is 7.80. The number of rotatable bonds is 2. The molecule has 2 unspecified atom stereocenters. The van der Waals surface area contributed by atoms with Gasteiger partial charge in [-0.25, -0.2) is 0 Å². The molecule has 1 aromatic rings. The summed E-state index contributed by atoms with van der Waals surface area (Å²) in [6.07, 6.45) is 0.955. The Morgan fingerprint density at radius 2 is 2.28 bits per heavy atom. The van der Waals surface area contributed by atoms with Crippen molar-refractivity contribution < 1.29 is 9.90 Å². The number of hydrogen-bond donors (Lipinski definition) is 2. The summed E-state index contributed by atoms with van der Waals surface area (Å²) in [6, 6.07) is 5.53. The molecule has 1 heterocycles. The maximum Gasteiger partial charge on any atom is 0.254 e. The standard InChI is InChI=1S/C14H19NO2S/c1-9-3-4-11(18)7-12(9)14(17)15-6-5-10(2)13(15)8-16/h3-4,7,10,13,16,18H,5-6,8H2,1-2H3. The summed E-state index contributed by atoms with van der Waals surface area (Å²) in [5.41, 5.74) is 1.64. The van der Waals surface area contributed by atoms with Gasteiger partial charge in [-0.3, -0.25) is 4.79 Å². The summed E-state index contributed by atoms with van der Waals surface area (Å²) in [6.45, 7) is 4.76. The van der Waals surface area contributed by atoms with Crippen molar-refractivity contribution in [3.8, 4) is 0 Å². The summed E-state index contributed by atoms with van der Waals surface area (Å²) in [7, 11) is 0. The maximum atomic E-state index is 12.5. The second-order valence-electron chi connectivity index (χ2n) is 5.01. The second kappa shape index (κ2) is 5.33. The fourth-order valence-corrected chi connectivity index (χ4v) is 2.74. The van der Waals surface area contributed by atoms with Crippen molar-refractivity contribution in [2.24, 2.45) is 5.92 Å². The van der Waals surface area contributed by atoms with Crippen molar-refractivity contribution >= 4 is 18.5 Å². The van der Waals surface area contributed by atoms with Crippen molar-refractivity contribution in [2.75, 3.05) is 13.2 Å². The van der Waals surface area contributed by atoms with Crippen LogP contribution in [0.4, 0.5) is 0 Å². The lowest BCUT2D eigenvalue weighted by Crippen LogP contribution is -2.40. The molecule has 3 nitrogen and oxygen atoms in total. The molecular weight excluding hydrogens is 246 g/mol. The van der Waals surface area contributed by atoms with E-state index in [4.69, 9.17) is 0 Å². The van der Waals surface area contributed by atoms with E-state index in [1.54, 1.807) is 11.0 Å². The summed E-state index contributed by atoms with van der Waals surface area (Å²) in [4.78, 5) is 15.1. The fraction of sp³-hybridized carbons (Fsp3) is 0.500. The van der Waals surface area contributed by atoms with E-state index in [1.165, 1.54) is 0 Å². The zero-order chi connectivity index (χ0) is 13.3. The molecule has 4 heteroatoms. The number of aliphatic hydroxyl groups excluding tert-OH is 1. The van der Waals surface area contributed by atoms with Gasteiger partial charge in [0.25, 0.3) is 5.91 Å². The van der Waals surface area contributed by atoms with E-state index >= 15 is 0 Å². The molecule has 0 spiro atoms. The van der Waals surface area contributed by atoms with Gasteiger partial charge < -0.3 is 10.0 Å². The molecule has 1 N–H and O–H groups in total. The van der Waals surface area contributed by atoms with Crippen LogP contribution in [0.2, 0.25) is 0 Å². The molecule has 1 aromatic carbocycles. The van der Waals surface area contributed by atoms with Crippen LogP contribution in [0.15, 0.2) is 23.1 Å². The zero-order valence-corrected chi connectivity index (χ0v) is 11.7. The first-order valence-electron chi connectivity index (χ1n) is 6.26. The second-order valence-corrected chi connectivity index (χ2v) is 5.53. The minimum absolute atomic E-state index is 0.00630. The maximum absolute atomic E-state index is 12.5. The number of amides is 1. The number of carbonyl (C=O) groups is 1. The van der Waals surface area contributed by atoms with E-state index in [2.05, 4.69) is 19.6 Å². The Balaban J connectivity index is 2.28. The highest BCUT2D eigenvalue weighted by atomic mass is 32.1. The smallest absolute Gasteiger partial charge is 0.254 e. The third-order valence-electron chi connectivity index (χ3n) is 3.78. The lowest BCUT2D eigenvalue weighted by molar-refractivity contribution is 0.0647. The Morgan fingerprint density at radius 1 is 1.56 bits per heavy atom. The number of thiol groups is 1. The lowest BCUT2D eigenvalue weighted by Gasteiger charge is -2.26. The Labute approximate surface area is 113 Å². The molecule has 2 atom stereocenters. The van der Waals surface area contributed by atoms with Gasteiger partial charge in [-0.05, 0) is 37.0 Å². The summed E-state index contributed by atoms with van der Waals surface area (Å²) in [5.74, 6) is 0.366. The van der Waals surface area contributed by atoms with Crippen LogP contribution in [0.25, 0.3) is 0 Å². The van der Waals surface area contributed by atoms with E-state index in [9.17, 15) is 9.90 Å². The van der Waals surface area contributed by atoms with Crippen LogP contribution in [-0.4, -0.2) is 35.1 Å². The topological polar surface area (TPSA) is 40.5 Å². The molecular formula is C14H19NO2S. The molecule has 1 aliphatic rings. The Hall–Kier alpha value is -1.00. The number of aliphatic hydroxyl groups is 1. The van der Waals surface area contributed by atoms with Crippen LogP contribution < -0.4 is 0 Å². The van der Waals surface area contributed by atoms with Gasteiger partial charge in [-0.1, -0.05) is 13.0 Å². The van der Waals surface area contributed by atoms with Crippen LogP contribution in [0.5, 0.6) is 0 Å². The lowest BCUT2D eigenvalue weighted by atomic mass is 10.0. The van der Waals surface area contributed by atoms with Crippen LogP contribution in [0, 0.1) is 12.8 Å². The normalized spacial score (nSPS) is 23.4. The molecule has 1 fully saturated rings. The number of nitrogens with zero attached hydrogens (tertiary/aromatic N) is 1. The van der Waals surface area contributed by atoms with Gasteiger partial charge in [0.15, 0.2) is 0 Å². The molecule has 1 aliphatic heterocycles. The van der Waals surface area contributed by atoms with Crippen molar-refractivity contribution in [3.05, 3.63) is 29.3 Å².